The SMILES string of the molecule is N#CN=C(N)N(c1ccccc1)c1ccc(N(C(N)=NC#N)c2ccccc2)cc1. The van der Waals surface area contributed by atoms with Crippen molar-refractivity contribution >= 4 is 34.7 Å². The average molecular weight is 394 g/mol. The van der Waals surface area contributed by atoms with Crippen LogP contribution in [-0.2, 0) is 0 Å². The van der Waals surface area contributed by atoms with Crippen molar-refractivity contribution in [2.75, 3.05) is 9.80 Å². The number of benzene rings is 3. The number of nitrogens with two attached hydrogens (primary N) is 2. The molecule has 3 rings (SSSR count). The second-order valence-electron chi connectivity index (χ2n) is 6.00. The molecule has 0 bridgehead atoms. The predicted molar refractivity (Wildman–Crippen MR) is 118 cm³/mol. The third-order valence-electron chi connectivity index (χ3n) is 4.18. The number of nitriles is 2. The van der Waals surface area contributed by atoms with Crippen molar-refractivity contribution in [1.82, 2.24) is 0 Å². The highest BCUT2D eigenvalue weighted by Gasteiger charge is 2.17. The summed E-state index contributed by atoms with van der Waals surface area (Å²) in [6, 6.07) is 26.0. The monoisotopic (exact) mass is 394 g/mol. The molecule has 0 amide bonds. The molecule has 0 aromatic heterocycles. The van der Waals surface area contributed by atoms with Crippen LogP contribution in [0.1, 0.15) is 0 Å². The van der Waals surface area contributed by atoms with Gasteiger partial charge in [-0.15, -0.1) is 9.98 Å². The molecule has 0 radical (unpaired) electrons. The van der Waals surface area contributed by atoms with Crippen LogP contribution in [0.3, 0.4) is 0 Å². The zero-order valence-corrected chi connectivity index (χ0v) is 15.9. The Morgan fingerprint density at radius 2 is 0.867 bits per heavy atom. The molecule has 0 unspecified atom stereocenters. The van der Waals surface area contributed by atoms with E-state index in [1.807, 2.05) is 84.9 Å². The normalized spacial score (nSPS) is 11.3. The van der Waals surface area contributed by atoms with Crippen molar-refractivity contribution < 1.29 is 0 Å². The minimum Gasteiger partial charge on any atom is -0.368 e. The number of aliphatic imine (C=N–C) groups is 2. The Bertz CT molecular complexity index is 1030. The maximum Gasteiger partial charge on any atom is 0.216 e. The highest BCUT2D eigenvalue weighted by Crippen LogP contribution is 2.30. The first-order chi connectivity index (χ1) is 14.7. The molecular formula is C22H18N8. The maximum absolute atomic E-state index is 8.93. The minimum atomic E-state index is 0.0434. The highest BCUT2D eigenvalue weighted by molar-refractivity contribution is 6.04. The van der Waals surface area contributed by atoms with E-state index in [-0.39, 0.29) is 11.9 Å². The third-order valence-corrected chi connectivity index (χ3v) is 4.18. The van der Waals surface area contributed by atoms with Crippen LogP contribution < -0.4 is 21.3 Å². The van der Waals surface area contributed by atoms with Gasteiger partial charge in [-0.05, 0) is 48.5 Å². The van der Waals surface area contributed by atoms with E-state index in [1.165, 1.54) is 0 Å². The van der Waals surface area contributed by atoms with Crippen LogP contribution in [0.5, 0.6) is 0 Å². The second-order valence-corrected chi connectivity index (χ2v) is 6.00. The third kappa shape index (κ3) is 4.35. The lowest BCUT2D eigenvalue weighted by Gasteiger charge is -2.26. The van der Waals surface area contributed by atoms with Gasteiger partial charge in [-0.25, -0.2) is 0 Å². The highest BCUT2D eigenvalue weighted by atomic mass is 15.3. The lowest BCUT2D eigenvalue weighted by molar-refractivity contribution is 1.26. The number of nitrogens with zero attached hydrogens (tertiary/aromatic N) is 6. The maximum atomic E-state index is 8.93. The van der Waals surface area contributed by atoms with Crippen LogP contribution in [-0.4, -0.2) is 11.9 Å². The number of rotatable bonds is 4. The van der Waals surface area contributed by atoms with Crippen molar-refractivity contribution in [1.29, 1.82) is 10.5 Å². The summed E-state index contributed by atoms with van der Waals surface area (Å²) in [7, 11) is 0. The van der Waals surface area contributed by atoms with E-state index in [0.29, 0.717) is 11.4 Å². The summed E-state index contributed by atoms with van der Waals surface area (Å²) in [6.45, 7) is 0. The molecule has 0 atom stereocenters. The fourth-order valence-corrected chi connectivity index (χ4v) is 2.93. The van der Waals surface area contributed by atoms with Crippen molar-refractivity contribution in [2.45, 2.75) is 0 Å². The van der Waals surface area contributed by atoms with Crippen molar-refractivity contribution in [2.24, 2.45) is 21.5 Å². The van der Waals surface area contributed by atoms with E-state index < -0.39 is 0 Å². The zero-order chi connectivity index (χ0) is 21.3. The summed E-state index contributed by atoms with van der Waals surface area (Å²) in [4.78, 5) is 10.7. The largest absolute Gasteiger partial charge is 0.368 e. The van der Waals surface area contributed by atoms with Gasteiger partial charge in [0.25, 0.3) is 0 Å². The van der Waals surface area contributed by atoms with Crippen molar-refractivity contribution in [3.63, 3.8) is 0 Å². The molecule has 0 saturated heterocycles. The quantitative estimate of drug-likeness (QED) is 0.395. The van der Waals surface area contributed by atoms with Gasteiger partial charge in [0.15, 0.2) is 0 Å². The molecule has 3 aromatic carbocycles. The van der Waals surface area contributed by atoms with Gasteiger partial charge in [-0.2, -0.15) is 10.5 Å². The van der Waals surface area contributed by atoms with Crippen molar-refractivity contribution in [3.8, 4) is 12.4 Å². The Labute approximate surface area is 174 Å². The fourth-order valence-electron chi connectivity index (χ4n) is 2.93. The molecule has 8 nitrogen and oxygen atoms in total. The molecule has 0 aliphatic rings. The second kappa shape index (κ2) is 9.40. The van der Waals surface area contributed by atoms with E-state index in [9.17, 15) is 0 Å². The molecule has 0 heterocycles. The van der Waals surface area contributed by atoms with Gasteiger partial charge < -0.3 is 11.5 Å². The Kier molecular flexibility index (Phi) is 6.24. The molecule has 0 spiro atoms. The van der Waals surface area contributed by atoms with E-state index in [1.54, 1.807) is 22.2 Å². The standard InChI is InChI=1S/C22H18N8/c23-15-27-21(25)29(17-7-3-1-4-8-17)19-11-13-20(14-12-19)30(22(26)28-16-24)18-9-5-2-6-10-18/h1-14H,(H2,25,27)(H2,26,28). The van der Waals surface area contributed by atoms with Crippen LogP contribution >= 0.6 is 0 Å². The summed E-state index contributed by atoms with van der Waals surface area (Å²) < 4.78 is 0. The summed E-state index contributed by atoms with van der Waals surface area (Å²) in [5.41, 5.74) is 15.0. The van der Waals surface area contributed by atoms with Crippen LogP contribution in [0.4, 0.5) is 22.7 Å². The van der Waals surface area contributed by atoms with E-state index in [2.05, 4.69) is 9.98 Å². The lowest BCUT2D eigenvalue weighted by Crippen LogP contribution is -2.34. The molecule has 4 N–H and O–H groups in total. The number of para-hydroxylation sites is 2. The van der Waals surface area contributed by atoms with Gasteiger partial charge in [0, 0.05) is 22.7 Å². The number of hydrogen-bond acceptors (Lipinski definition) is 4. The first-order valence-corrected chi connectivity index (χ1v) is 8.90. The molecular weight excluding hydrogens is 376 g/mol. The molecule has 30 heavy (non-hydrogen) atoms. The smallest absolute Gasteiger partial charge is 0.216 e. The van der Waals surface area contributed by atoms with E-state index in [4.69, 9.17) is 22.0 Å². The van der Waals surface area contributed by atoms with Crippen molar-refractivity contribution in [3.05, 3.63) is 84.9 Å². The molecule has 146 valence electrons. The van der Waals surface area contributed by atoms with Gasteiger partial charge in [0.1, 0.15) is 0 Å². The molecule has 0 fully saturated rings. The Morgan fingerprint density at radius 1 is 0.567 bits per heavy atom. The number of guanidine groups is 2. The molecule has 0 aliphatic carbocycles. The Hall–Kier alpha value is -4.82. The zero-order valence-electron chi connectivity index (χ0n) is 15.9. The molecule has 8 heteroatoms. The Morgan fingerprint density at radius 3 is 1.17 bits per heavy atom. The lowest BCUT2D eigenvalue weighted by atomic mass is 10.2. The van der Waals surface area contributed by atoms with E-state index >= 15 is 0 Å². The van der Waals surface area contributed by atoms with Crippen LogP contribution in [0.15, 0.2) is 94.9 Å². The first kappa shape index (κ1) is 19.9. The van der Waals surface area contributed by atoms with Gasteiger partial charge >= 0.3 is 0 Å². The van der Waals surface area contributed by atoms with Gasteiger partial charge in [-0.1, -0.05) is 36.4 Å². The number of anilines is 4. The predicted octanol–water partition coefficient (Wildman–Crippen LogP) is 3.55. The molecule has 3 aromatic rings. The summed E-state index contributed by atoms with van der Waals surface area (Å²) in [6.07, 6.45) is 3.44. The van der Waals surface area contributed by atoms with Gasteiger partial charge in [-0.3, -0.25) is 9.80 Å². The minimum absolute atomic E-state index is 0.0434. The topological polar surface area (TPSA) is 131 Å². The summed E-state index contributed by atoms with van der Waals surface area (Å²) in [5.74, 6) is 0.0869. The first-order valence-electron chi connectivity index (χ1n) is 8.90. The number of hydrogen-bond donors (Lipinski definition) is 2. The summed E-state index contributed by atoms with van der Waals surface area (Å²) >= 11 is 0. The van der Waals surface area contributed by atoms with E-state index in [0.717, 1.165) is 11.4 Å². The average Bonchev–Trinajstić information content (AvgIpc) is 2.77. The Balaban J connectivity index is 2.04. The molecule has 0 saturated carbocycles. The molecule has 0 aliphatic heterocycles. The van der Waals surface area contributed by atoms with Crippen LogP contribution in [0, 0.1) is 22.9 Å². The summed E-state index contributed by atoms with van der Waals surface area (Å²) in [5, 5.41) is 17.9. The fraction of sp³-hybridized carbons (Fsp3) is 0. The van der Waals surface area contributed by atoms with Crippen LogP contribution in [0.25, 0.3) is 0 Å². The van der Waals surface area contributed by atoms with Crippen LogP contribution in [0.2, 0.25) is 0 Å². The van der Waals surface area contributed by atoms with Gasteiger partial charge in [0.2, 0.25) is 24.3 Å². The van der Waals surface area contributed by atoms with Gasteiger partial charge in [0.05, 0.1) is 0 Å².